The van der Waals surface area contributed by atoms with E-state index in [2.05, 4.69) is 20.5 Å². The van der Waals surface area contributed by atoms with Crippen molar-refractivity contribution >= 4 is 11.8 Å². The third-order valence-corrected chi connectivity index (χ3v) is 4.50. The van der Waals surface area contributed by atoms with Crippen molar-refractivity contribution in [3.05, 3.63) is 23.9 Å². The number of hydrogen-bond acceptors (Lipinski definition) is 5. The van der Waals surface area contributed by atoms with Gasteiger partial charge >= 0.3 is 6.03 Å². The topological polar surface area (TPSA) is 75.7 Å². The number of carbonyl (C=O) groups excluding carboxylic acids is 1. The van der Waals surface area contributed by atoms with Crippen LogP contribution in [-0.4, -0.2) is 56.1 Å². The Morgan fingerprint density at radius 2 is 2.25 bits per heavy atom. The highest BCUT2D eigenvalue weighted by molar-refractivity contribution is 5.74. The lowest BCUT2D eigenvalue weighted by molar-refractivity contribution is 0.0860. The molecule has 7 nitrogen and oxygen atoms in total. The Balaban J connectivity index is 1.53. The van der Waals surface area contributed by atoms with Crippen molar-refractivity contribution in [2.75, 3.05) is 37.8 Å². The highest BCUT2D eigenvalue weighted by Crippen LogP contribution is 2.18. The largest absolute Gasteiger partial charge is 0.378 e. The first kappa shape index (κ1) is 17.0. The first-order chi connectivity index (χ1) is 11.7. The van der Waals surface area contributed by atoms with Gasteiger partial charge in [-0.2, -0.15) is 0 Å². The van der Waals surface area contributed by atoms with Crippen LogP contribution in [0, 0.1) is 0 Å². The standard InChI is InChI=1S/C17H26N4O3/c1-13(15-5-3-9-24-15)20-17(22)19-12-14-4-2-6-18-16(14)21-7-10-23-11-8-21/h2,4,6,13,15H,3,5,7-12H2,1H3,(H2,19,20,22)/t13-,15-/m0/s1. The van der Waals surface area contributed by atoms with Gasteiger partial charge in [0.15, 0.2) is 0 Å². The summed E-state index contributed by atoms with van der Waals surface area (Å²) >= 11 is 0. The monoisotopic (exact) mass is 334 g/mol. The van der Waals surface area contributed by atoms with Crippen molar-refractivity contribution < 1.29 is 14.3 Å². The number of hydrogen-bond donors (Lipinski definition) is 2. The number of nitrogens with zero attached hydrogens (tertiary/aromatic N) is 2. The molecule has 0 aromatic carbocycles. The number of morpholine rings is 1. The Labute approximate surface area is 142 Å². The third-order valence-electron chi connectivity index (χ3n) is 4.50. The van der Waals surface area contributed by atoms with Crippen molar-refractivity contribution in [2.24, 2.45) is 0 Å². The van der Waals surface area contributed by atoms with Crippen LogP contribution in [0.25, 0.3) is 0 Å². The first-order valence-corrected chi connectivity index (χ1v) is 8.66. The summed E-state index contributed by atoms with van der Waals surface area (Å²) in [5.41, 5.74) is 1.01. The molecule has 132 valence electrons. The quantitative estimate of drug-likeness (QED) is 0.848. The van der Waals surface area contributed by atoms with Crippen LogP contribution in [-0.2, 0) is 16.0 Å². The minimum absolute atomic E-state index is 0.0140. The maximum atomic E-state index is 12.1. The number of ether oxygens (including phenoxy) is 2. The molecule has 2 fully saturated rings. The number of urea groups is 1. The molecule has 0 aliphatic carbocycles. The zero-order chi connectivity index (χ0) is 16.8. The number of aromatic nitrogens is 1. The minimum atomic E-state index is -0.171. The van der Waals surface area contributed by atoms with E-state index in [-0.39, 0.29) is 18.2 Å². The van der Waals surface area contributed by atoms with Crippen LogP contribution in [0.15, 0.2) is 18.3 Å². The van der Waals surface area contributed by atoms with E-state index < -0.39 is 0 Å². The maximum absolute atomic E-state index is 12.1. The number of anilines is 1. The van der Waals surface area contributed by atoms with E-state index >= 15 is 0 Å². The zero-order valence-corrected chi connectivity index (χ0v) is 14.2. The van der Waals surface area contributed by atoms with Crippen molar-refractivity contribution in [2.45, 2.75) is 38.5 Å². The van der Waals surface area contributed by atoms with Crippen molar-refractivity contribution in [3.8, 4) is 0 Å². The van der Waals surface area contributed by atoms with E-state index in [0.29, 0.717) is 19.8 Å². The fourth-order valence-corrected chi connectivity index (χ4v) is 3.15. The summed E-state index contributed by atoms with van der Waals surface area (Å²) in [6.07, 6.45) is 3.98. The van der Waals surface area contributed by atoms with Gasteiger partial charge < -0.3 is 25.0 Å². The summed E-state index contributed by atoms with van der Waals surface area (Å²) in [7, 11) is 0. The van der Waals surface area contributed by atoms with Crippen molar-refractivity contribution in [1.29, 1.82) is 0 Å². The van der Waals surface area contributed by atoms with Gasteiger partial charge in [0.05, 0.1) is 25.4 Å². The average Bonchev–Trinajstić information content (AvgIpc) is 3.16. The van der Waals surface area contributed by atoms with Crippen LogP contribution in [0.2, 0.25) is 0 Å². The molecule has 0 saturated carbocycles. The lowest BCUT2D eigenvalue weighted by atomic mass is 10.1. The fourth-order valence-electron chi connectivity index (χ4n) is 3.15. The van der Waals surface area contributed by atoms with E-state index in [1.807, 2.05) is 19.1 Å². The second-order valence-corrected chi connectivity index (χ2v) is 6.25. The lowest BCUT2D eigenvalue weighted by Crippen LogP contribution is -2.46. The Morgan fingerprint density at radius 1 is 1.42 bits per heavy atom. The van der Waals surface area contributed by atoms with Gasteiger partial charge in [0.25, 0.3) is 0 Å². The summed E-state index contributed by atoms with van der Waals surface area (Å²) in [5, 5.41) is 5.89. The van der Waals surface area contributed by atoms with Crippen LogP contribution in [0.3, 0.4) is 0 Å². The van der Waals surface area contributed by atoms with Gasteiger partial charge in [-0.25, -0.2) is 9.78 Å². The smallest absolute Gasteiger partial charge is 0.315 e. The Hall–Kier alpha value is -1.86. The summed E-state index contributed by atoms with van der Waals surface area (Å²) in [5.74, 6) is 0.924. The van der Waals surface area contributed by atoms with Gasteiger partial charge in [-0.15, -0.1) is 0 Å². The van der Waals surface area contributed by atoms with Gasteiger partial charge in [0, 0.05) is 38.0 Å². The minimum Gasteiger partial charge on any atom is -0.378 e. The highest BCUT2D eigenvalue weighted by atomic mass is 16.5. The second kappa shape index (κ2) is 8.30. The molecule has 2 amide bonds. The lowest BCUT2D eigenvalue weighted by Gasteiger charge is -2.29. The molecule has 2 N–H and O–H groups in total. The fraction of sp³-hybridized carbons (Fsp3) is 0.647. The van der Waals surface area contributed by atoms with Crippen LogP contribution in [0.4, 0.5) is 10.6 Å². The zero-order valence-electron chi connectivity index (χ0n) is 14.2. The van der Waals surface area contributed by atoms with Gasteiger partial charge in [-0.1, -0.05) is 6.07 Å². The van der Waals surface area contributed by atoms with E-state index in [4.69, 9.17) is 9.47 Å². The number of rotatable bonds is 5. The molecule has 2 atom stereocenters. The molecule has 0 unspecified atom stereocenters. The molecule has 24 heavy (non-hydrogen) atoms. The van der Waals surface area contributed by atoms with Gasteiger partial charge in [-0.05, 0) is 25.8 Å². The van der Waals surface area contributed by atoms with Crippen LogP contribution >= 0.6 is 0 Å². The van der Waals surface area contributed by atoms with Gasteiger partial charge in [0.2, 0.25) is 0 Å². The summed E-state index contributed by atoms with van der Waals surface area (Å²) in [6.45, 7) is 6.30. The number of pyridine rings is 1. The van der Waals surface area contributed by atoms with Gasteiger partial charge in [-0.3, -0.25) is 0 Å². The van der Waals surface area contributed by atoms with E-state index in [1.165, 1.54) is 0 Å². The van der Waals surface area contributed by atoms with Crippen LogP contribution in [0.5, 0.6) is 0 Å². The van der Waals surface area contributed by atoms with Gasteiger partial charge in [0.1, 0.15) is 5.82 Å². The summed E-state index contributed by atoms with van der Waals surface area (Å²) in [4.78, 5) is 18.8. The molecule has 1 aromatic heterocycles. The molecule has 3 heterocycles. The molecule has 7 heteroatoms. The molecule has 2 aliphatic heterocycles. The summed E-state index contributed by atoms with van der Waals surface area (Å²) < 4.78 is 11.0. The highest BCUT2D eigenvalue weighted by Gasteiger charge is 2.23. The molecule has 0 spiro atoms. The molecule has 1 aromatic rings. The predicted octanol–water partition coefficient (Wildman–Crippen LogP) is 1.28. The average molecular weight is 334 g/mol. The maximum Gasteiger partial charge on any atom is 0.315 e. The normalized spacial score (nSPS) is 22.2. The number of nitrogens with one attached hydrogen (secondary N) is 2. The Kier molecular flexibility index (Phi) is 5.87. The van der Waals surface area contributed by atoms with E-state index in [9.17, 15) is 4.79 Å². The number of carbonyl (C=O) groups is 1. The van der Waals surface area contributed by atoms with Crippen molar-refractivity contribution in [3.63, 3.8) is 0 Å². The molecule has 2 saturated heterocycles. The van der Waals surface area contributed by atoms with Crippen LogP contribution < -0.4 is 15.5 Å². The summed E-state index contributed by atoms with van der Waals surface area (Å²) in [6, 6.07) is 3.74. The second-order valence-electron chi connectivity index (χ2n) is 6.25. The molecule has 0 bridgehead atoms. The van der Waals surface area contributed by atoms with E-state index in [1.54, 1.807) is 6.20 Å². The SMILES string of the molecule is C[C@H](NC(=O)NCc1cccnc1N1CCOCC1)[C@@H]1CCCO1. The van der Waals surface area contributed by atoms with Crippen LogP contribution in [0.1, 0.15) is 25.3 Å². The molecule has 0 radical (unpaired) electrons. The Bertz CT molecular complexity index is 542. The van der Waals surface area contributed by atoms with E-state index in [0.717, 1.165) is 43.9 Å². The Morgan fingerprint density at radius 3 is 3.00 bits per heavy atom. The third kappa shape index (κ3) is 4.36. The molecule has 2 aliphatic rings. The molecule has 3 rings (SSSR count). The first-order valence-electron chi connectivity index (χ1n) is 8.66. The molecular formula is C17H26N4O3. The number of amides is 2. The predicted molar refractivity (Wildman–Crippen MR) is 91.1 cm³/mol. The van der Waals surface area contributed by atoms with Crippen molar-refractivity contribution in [1.82, 2.24) is 15.6 Å². The molecular weight excluding hydrogens is 308 g/mol.